The monoisotopic (exact) mass is 448 g/mol. The summed E-state index contributed by atoms with van der Waals surface area (Å²) in [6, 6.07) is 12.9. The molecule has 2 aromatic carbocycles. The second kappa shape index (κ2) is 8.86. The van der Waals surface area contributed by atoms with E-state index in [4.69, 9.17) is 16.3 Å². The molecule has 1 heterocycles. The van der Waals surface area contributed by atoms with Crippen molar-refractivity contribution in [2.24, 2.45) is 5.92 Å². The zero-order valence-corrected chi connectivity index (χ0v) is 18.2. The molecule has 0 saturated heterocycles. The molecule has 0 unspecified atom stereocenters. The van der Waals surface area contributed by atoms with Crippen LogP contribution in [0.25, 0.3) is 0 Å². The Balaban J connectivity index is 1.56. The number of ether oxygens (including phenoxy) is 1. The van der Waals surface area contributed by atoms with E-state index in [9.17, 15) is 13.2 Å². The second-order valence-corrected chi connectivity index (χ2v) is 10.1. The van der Waals surface area contributed by atoms with Crippen molar-refractivity contribution in [1.29, 1.82) is 0 Å². The molecule has 2 aliphatic rings. The zero-order chi connectivity index (χ0) is 21.1. The SMILES string of the molecule is O=C(NCC1CCCCC1)[C@H]1CN(S(=O)(=O)c2ccc(Cl)cc2)c2ccccc2O1. The summed E-state index contributed by atoms with van der Waals surface area (Å²) >= 11 is 5.91. The minimum absolute atomic E-state index is 0.0848. The highest BCUT2D eigenvalue weighted by Gasteiger charge is 2.37. The Labute approximate surface area is 182 Å². The molecule has 1 saturated carbocycles. The maximum absolute atomic E-state index is 13.3. The quantitative estimate of drug-likeness (QED) is 0.750. The van der Waals surface area contributed by atoms with Crippen molar-refractivity contribution in [3.63, 3.8) is 0 Å². The van der Waals surface area contributed by atoms with Crippen LogP contribution in [0.2, 0.25) is 5.02 Å². The van der Waals surface area contributed by atoms with E-state index in [1.165, 1.54) is 47.8 Å². The van der Waals surface area contributed by atoms with Crippen LogP contribution in [-0.4, -0.2) is 33.5 Å². The van der Waals surface area contributed by atoms with Crippen LogP contribution in [0.4, 0.5) is 5.69 Å². The fourth-order valence-electron chi connectivity index (χ4n) is 4.05. The molecule has 4 rings (SSSR count). The van der Waals surface area contributed by atoms with Crippen molar-refractivity contribution in [3.05, 3.63) is 53.6 Å². The number of benzene rings is 2. The number of sulfonamides is 1. The molecule has 0 aromatic heterocycles. The molecule has 0 radical (unpaired) electrons. The van der Waals surface area contributed by atoms with E-state index in [1.54, 1.807) is 24.3 Å². The van der Waals surface area contributed by atoms with Crippen LogP contribution >= 0.6 is 11.6 Å². The highest BCUT2D eigenvalue weighted by molar-refractivity contribution is 7.92. The average Bonchev–Trinajstić information content (AvgIpc) is 2.77. The first-order chi connectivity index (χ1) is 14.4. The van der Waals surface area contributed by atoms with E-state index >= 15 is 0 Å². The Morgan fingerprint density at radius 2 is 1.77 bits per heavy atom. The number of nitrogens with zero attached hydrogens (tertiary/aromatic N) is 1. The first kappa shape index (κ1) is 21.0. The van der Waals surface area contributed by atoms with Gasteiger partial charge < -0.3 is 10.1 Å². The predicted octanol–water partition coefficient (Wildman–Crippen LogP) is 3.99. The molecule has 0 bridgehead atoms. The van der Waals surface area contributed by atoms with E-state index in [0.717, 1.165) is 12.8 Å². The molecular formula is C22H25ClN2O4S. The number of amides is 1. The van der Waals surface area contributed by atoms with Crippen molar-refractivity contribution in [1.82, 2.24) is 5.32 Å². The average molecular weight is 449 g/mol. The topological polar surface area (TPSA) is 75.7 Å². The summed E-state index contributed by atoms with van der Waals surface area (Å²) in [4.78, 5) is 12.9. The van der Waals surface area contributed by atoms with Gasteiger partial charge in [0.05, 0.1) is 17.1 Å². The number of nitrogens with one attached hydrogen (secondary N) is 1. The number of fused-ring (bicyclic) bond motifs is 1. The third kappa shape index (κ3) is 4.42. The molecule has 6 nitrogen and oxygen atoms in total. The van der Waals surface area contributed by atoms with Gasteiger partial charge in [-0.2, -0.15) is 0 Å². The predicted molar refractivity (Wildman–Crippen MR) is 116 cm³/mol. The lowest BCUT2D eigenvalue weighted by molar-refractivity contribution is -0.128. The van der Waals surface area contributed by atoms with Gasteiger partial charge >= 0.3 is 0 Å². The van der Waals surface area contributed by atoms with Gasteiger partial charge in [-0.05, 0) is 55.2 Å². The lowest BCUT2D eigenvalue weighted by Crippen LogP contribution is -2.51. The zero-order valence-electron chi connectivity index (χ0n) is 16.6. The number of anilines is 1. The molecule has 1 amide bonds. The minimum atomic E-state index is -3.88. The van der Waals surface area contributed by atoms with E-state index in [0.29, 0.717) is 28.9 Å². The van der Waals surface area contributed by atoms with Gasteiger partial charge in [-0.1, -0.05) is 43.0 Å². The smallest absolute Gasteiger partial charge is 0.264 e. The van der Waals surface area contributed by atoms with Gasteiger partial charge in [0.2, 0.25) is 0 Å². The molecular weight excluding hydrogens is 424 g/mol. The molecule has 30 heavy (non-hydrogen) atoms. The van der Waals surface area contributed by atoms with E-state index in [2.05, 4.69) is 5.32 Å². The van der Waals surface area contributed by atoms with Gasteiger partial charge in [0.1, 0.15) is 5.75 Å². The third-order valence-corrected chi connectivity index (χ3v) is 7.76. The molecule has 1 aliphatic carbocycles. The number of carbonyl (C=O) groups excluding carboxylic acids is 1. The molecule has 1 aliphatic heterocycles. The lowest BCUT2D eigenvalue weighted by atomic mass is 9.89. The van der Waals surface area contributed by atoms with Gasteiger partial charge in [0.15, 0.2) is 6.10 Å². The number of hydrogen-bond acceptors (Lipinski definition) is 4. The van der Waals surface area contributed by atoms with E-state index in [-0.39, 0.29) is 17.3 Å². The largest absolute Gasteiger partial charge is 0.476 e. The number of para-hydroxylation sites is 2. The van der Waals surface area contributed by atoms with Crippen LogP contribution < -0.4 is 14.4 Å². The van der Waals surface area contributed by atoms with E-state index in [1.807, 2.05) is 0 Å². The molecule has 8 heteroatoms. The fourth-order valence-corrected chi connectivity index (χ4v) is 5.65. The van der Waals surface area contributed by atoms with Crippen LogP contribution in [0, 0.1) is 5.92 Å². The van der Waals surface area contributed by atoms with Crippen molar-refractivity contribution < 1.29 is 17.9 Å². The summed E-state index contributed by atoms with van der Waals surface area (Å²) in [5.74, 6) is 0.568. The Bertz CT molecular complexity index is 1000. The molecule has 0 spiro atoms. The van der Waals surface area contributed by atoms with Crippen LogP contribution in [-0.2, 0) is 14.8 Å². The van der Waals surface area contributed by atoms with Crippen molar-refractivity contribution >= 4 is 33.2 Å². The standard InChI is InChI=1S/C22H25ClN2O4S/c23-17-10-12-18(13-11-17)30(27,28)25-15-21(29-20-9-5-4-8-19(20)25)22(26)24-14-16-6-2-1-3-7-16/h4-5,8-13,16,21H,1-3,6-7,14-15H2,(H,24,26)/t21-/m1/s1. The summed E-state index contributed by atoms with van der Waals surface area (Å²) in [7, 11) is -3.88. The molecule has 2 aromatic rings. The van der Waals surface area contributed by atoms with Gasteiger partial charge in [-0.3, -0.25) is 9.10 Å². The molecule has 1 N–H and O–H groups in total. The summed E-state index contributed by atoms with van der Waals surface area (Å²) in [5.41, 5.74) is 0.420. The Kier molecular flexibility index (Phi) is 6.20. The van der Waals surface area contributed by atoms with Gasteiger partial charge in [-0.15, -0.1) is 0 Å². The fraction of sp³-hybridized carbons (Fsp3) is 0.409. The Morgan fingerprint density at radius 3 is 2.50 bits per heavy atom. The van der Waals surface area contributed by atoms with Crippen LogP contribution in [0.1, 0.15) is 32.1 Å². The maximum atomic E-state index is 13.3. The number of hydrogen-bond donors (Lipinski definition) is 1. The van der Waals surface area contributed by atoms with Crippen molar-refractivity contribution in [3.8, 4) is 5.75 Å². The summed E-state index contributed by atoms with van der Waals surface area (Å²) in [5, 5.41) is 3.42. The molecule has 1 atom stereocenters. The number of rotatable bonds is 5. The Hall–Kier alpha value is -2.25. The van der Waals surface area contributed by atoms with Crippen molar-refractivity contribution in [2.75, 3.05) is 17.4 Å². The van der Waals surface area contributed by atoms with E-state index < -0.39 is 16.1 Å². The van der Waals surface area contributed by atoms with Crippen molar-refractivity contribution in [2.45, 2.75) is 43.1 Å². The van der Waals surface area contributed by atoms with Crippen LogP contribution in [0.3, 0.4) is 0 Å². The Morgan fingerprint density at radius 1 is 1.07 bits per heavy atom. The molecule has 1 fully saturated rings. The summed E-state index contributed by atoms with van der Waals surface area (Å²) in [6.45, 7) is 0.517. The summed E-state index contributed by atoms with van der Waals surface area (Å²) < 4.78 is 33.8. The first-order valence-electron chi connectivity index (χ1n) is 10.3. The molecule has 160 valence electrons. The lowest BCUT2D eigenvalue weighted by Gasteiger charge is -2.35. The number of halogens is 1. The second-order valence-electron chi connectivity index (χ2n) is 7.81. The van der Waals surface area contributed by atoms with Crippen LogP contribution in [0.15, 0.2) is 53.4 Å². The first-order valence-corrected chi connectivity index (χ1v) is 12.1. The highest BCUT2D eigenvalue weighted by Crippen LogP contribution is 2.37. The maximum Gasteiger partial charge on any atom is 0.264 e. The summed E-state index contributed by atoms with van der Waals surface area (Å²) in [6.07, 6.45) is 4.97. The van der Waals surface area contributed by atoms with Gasteiger partial charge in [-0.25, -0.2) is 8.42 Å². The minimum Gasteiger partial charge on any atom is -0.476 e. The van der Waals surface area contributed by atoms with Crippen LogP contribution in [0.5, 0.6) is 5.75 Å². The number of carbonyl (C=O) groups is 1. The van der Waals surface area contributed by atoms with Gasteiger partial charge in [0.25, 0.3) is 15.9 Å². The normalized spacial score (nSPS) is 19.6. The highest BCUT2D eigenvalue weighted by atomic mass is 35.5. The van der Waals surface area contributed by atoms with Gasteiger partial charge in [0, 0.05) is 11.6 Å². The third-order valence-electron chi connectivity index (χ3n) is 5.72.